The molecular weight excluding hydrogens is 291 g/mol. The average molecular weight is 304 g/mol. The van der Waals surface area contributed by atoms with Gasteiger partial charge < -0.3 is 11.1 Å². The summed E-state index contributed by atoms with van der Waals surface area (Å²) in [6, 6.07) is 5.61. The quantitative estimate of drug-likeness (QED) is 0.881. The van der Waals surface area contributed by atoms with E-state index < -0.39 is 0 Å². The molecule has 0 bridgehead atoms. The first-order chi connectivity index (χ1) is 7.56. The topological polar surface area (TPSA) is 55.1 Å². The zero-order valence-electron chi connectivity index (χ0n) is 8.54. The van der Waals surface area contributed by atoms with Crippen LogP contribution in [0.15, 0.2) is 22.7 Å². The van der Waals surface area contributed by atoms with Crippen LogP contribution in [0.2, 0.25) is 5.02 Å². The lowest BCUT2D eigenvalue weighted by molar-refractivity contribution is 0.0910. The van der Waals surface area contributed by atoms with Crippen molar-refractivity contribution in [2.24, 2.45) is 5.73 Å². The molecule has 1 aromatic carbocycles. The number of carbonyl (C=O) groups is 1. The van der Waals surface area contributed by atoms with E-state index in [0.717, 1.165) is 17.3 Å². The molecule has 0 saturated heterocycles. The lowest BCUT2D eigenvalue weighted by Gasteiger charge is -2.32. The Balaban J connectivity index is 2.01. The van der Waals surface area contributed by atoms with Crippen LogP contribution in [0.3, 0.4) is 0 Å². The lowest BCUT2D eigenvalue weighted by atomic mass is 9.87. The van der Waals surface area contributed by atoms with Gasteiger partial charge in [0.2, 0.25) is 0 Å². The van der Waals surface area contributed by atoms with Crippen LogP contribution in [0.1, 0.15) is 23.2 Å². The maximum absolute atomic E-state index is 11.8. The van der Waals surface area contributed by atoms with E-state index in [1.807, 2.05) is 0 Å². The first kappa shape index (κ1) is 11.9. The monoisotopic (exact) mass is 302 g/mol. The molecule has 3 N–H and O–H groups in total. The minimum absolute atomic E-state index is 0.0914. The standard InChI is InChI=1S/C11H12BrClN2O/c12-9-2-1-6(3-10(9)13)11(16)15-8-4-7(14)5-8/h1-3,7-8H,4-5,14H2,(H,15,16). The normalized spacial score (nSPS) is 23.7. The molecule has 1 saturated carbocycles. The highest BCUT2D eigenvalue weighted by Gasteiger charge is 2.27. The molecule has 0 aromatic heterocycles. The molecule has 0 unspecified atom stereocenters. The highest BCUT2D eigenvalue weighted by molar-refractivity contribution is 9.10. The number of rotatable bonds is 2. The van der Waals surface area contributed by atoms with Gasteiger partial charge in [-0.3, -0.25) is 4.79 Å². The van der Waals surface area contributed by atoms with E-state index in [2.05, 4.69) is 21.2 Å². The van der Waals surface area contributed by atoms with Crippen molar-refractivity contribution < 1.29 is 4.79 Å². The molecule has 0 spiro atoms. The van der Waals surface area contributed by atoms with Crippen LogP contribution in [-0.4, -0.2) is 18.0 Å². The maximum atomic E-state index is 11.8. The zero-order valence-corrected chi connectivity index (χ0v) is 10.9. The van der Waals surface area contributed by atoms with E-state index in [4.69, 9.17) is 17.3 Å². The number of halogens is 2. The van der Waals surface area contributed by atoms with Crippen molar-refractivity contribution in [1.82, 2.24) is 5.32 Å². The summed E-state index contributed by atoms with van der Waals surface area (Å²) < 4.78 is 0.788. The van der Waals surface area contributed by atoms with Gasteiger partial charge in [-0.15, -0.1) is 0 Å². The minimum Gasteiger partial charge on any atom is -0.349 e. The van der Waals surface area contributed by atoms with Crippen molar-refractivity contribution in [3.8, 4) is 0 Å². The van der Waals surface area contributed by atoms with Crippen LogP contribution in [0.25, 0.3) is 0 Å². The third-order valence-corrected chi connectivity index (χ3v) is 3.92. The molecule has 0 atom stereocenters. The lowest BCUT2D eigenvalue weighted by Crippen LogP contribution is -2.50. The summed E-state index contributed by atoms with van der Waals surface area (Å²) in [6.45, 7) is 0. The minimum atomic E-state index is -0.0914. The van der Waals surface area contributed by atoms with Gasteiger partial charge in [0.25, 0.3) is 5.91 Å². The fourth-order valence-electron chi connectivity index (χ4n) is 1.69. The molecule has 1 amide bonds. The van der Waals surface area contributed by atoms with Crippen molar-refractivity contribution in [2.45, 2.75) is 24.9 Å². The van der Waals surface area contributed by atoms with E-state index in [-0.39, 0.29) is 18.0 Å². The predicted octanol–water partition coefficient (Wildman–Crippen LogP) is 2.32. The van der Waals surface area contributed by atoms with Gasteiger partial charge in [0.1, 0.15) is 0 Å². The van der Waals surface area contributed by atoms with Crippen LogP contribution in [-0.2, 0) is 0 Å². The Morgan fingerprint density at radius 2 is 2.19 bits per heavy atom. The number of hydrogen-bond acceptors (Lipinski definition) is 2. The van der Waals surface area contributed by atoms with Crippen molar-refractivity contribution in [1.29, 1.82) is 0 Å². The van der Waals surface area contributed by atoms with Gasteiger partial charge in [-0.05, 0) is 47.0 Å². The smallest absolute Gasteiger partial charge is 0.251 e. The molecule has 0 heterocycles. The second-order valence-electron chi connectivity index (χ2n) is 4.03. The largest absolute Gasteiger partial charge is 0.349 e. The van der Waals surface area contributed by atoms with Crippen LogP contribution in [0.4, 0.5) is 0 Å². The Bertz CT molecular complexity index is 418. The first-order valence-electron chi connectivity index (χ1n) is 5.08. The molecule has 1 aliphatic rings. The molecule has 1 fully saturated rings. The third kappa shape index (κ3) is 2.56. The fraction of sp³-hybridized carbons (Fsp3) is 0.364. The summed E-state index contributed by atoms with van der Waals surface area (Å²) in [6.07, 6.45) is 1.71. The maximum Gasteiger partial charge on any atom is 0.251 e. The van der Waals surface area contributed by atoms with Crippen LogP contribution in [0.5, 0.6) is 0 Å². The number of hydrogen-bond donors (Lipinski definition) is 2. The fourth-order valence-corrected chi connectivity index (χ4v) is 2.11. The van der Waals surface area contributed by atoms with E-state index in [9.17, 15) is 4.79 Å². The van der Waals surface area contributed by atoms with Crippen molar-refractivity contribution in [3.63, 3.8) is 0 Å². The molecular formula is C11H12BrClN2O. The molecule has 1 aromatic rings. The van der Waals surface area contributed by atoms with Gasteiger partial charge in [-0.2, -0.15) is 0 Å². The molecule has 3 nitrogen and oxygen atoms in total. The molecule has 2 rings (SSSR count). The second-order valence-corrected chi connectivity index (χ2v) is 5.29. The molecule has 0 aliphatic heterocycles. The molecule has 86 valence electrons. The zero-order chi connectivity index (χ0) is 11.7. The summed E-state index contributed by atoms with van der Waals surface area (Å²) in [5.74, 6) is -0.0914. The van der Waals surface area contributed by atoms with Crippen molar-refractivity contribution in [2.75, 3.05) is 0 Å². The van der Waals surface area contributed by atoms with Crippen LogP contribution < -0.4 is 11.1 Å². The van der Waals surface area contributed by atoms with Gasteiger partial charge in [0, 0.05) is 22.1 Å². The van der Waals surface area contributed by atoms with E-state index in [0.29, 0.717) is 10.6 Å². The Kier molecular flexibility index (Phi) is 3.52. The van der Waals surface area contributed by atoms with Gasteiger partial charge in [0.15, 0.2) is 0 Å². The SMILES string of the molecule is NC1CC(NC(=O)c2ccc(Br)c(Cl)c2)C1. The predicted molar refractivity (Wildman–Crippen MR) is 67.6 cm³/mol. The Morgan fingerprint density at radius 1 is 1.50 bits per heavy atom. The number of carbonyl (C=O) groups excluding carboxylic acids is 1. The second kappa shape index (κ2) is 4.73. The van der Waals surface area contributed by atoms with Crippen LogP contribution >= 0.6 is 27.5 Å². The molecule has 16 heavy (non-hydrogen) atoms. The first-order valence-corrected chi connectivity index (χ1v) is 6.25. The summed E-state index contributed by atoms with van der Waals surface area (Å²) in [4.78, 5) is 11.8. The van der Waals surface area contributed by atoms with E-state index >= 15 is 0 Å². The molecule has 1 aliphatic carbocycles. The number of benzene rings is 1. The van der Waals surface area contributed by atoms with E-state index in [1.54, 1.807) is 18.2 Å². The van der Waals surface area contributed by atoms with Gasteiger partial charge >= 0.3 is 0 Å². The average Bonchev–Trinajstić information content (AvgIpc) is 2.19. The number of nitrogens with one attached hydrogen (secondary N) is 1. The van der Waals surface area contributed by atoms with Crippen molar-refractivity contribution in [3.05, 3.63) is 33.3 Å². The summed E-state index contributed by atoms with van der Waals surface area (Å²) >= 11 is 9.20. The van der Waals surface area contributed by atoms with Gasteiger partial charge in [-0.25, -0.2) is 0 Å². The molecule has 5 heteroatoms. The van der Waals surface area contributed by atoms with Crippen molar-refractivity contribution >= 4 is 33.4 Å². The Hall–Kier alpha value is -0.580. The van der Waals surface area contributed by atoms with Crippen LogP contribution in [0, 0.1) is 0 Å². The van der Waals surface area contributed by atoms with E-state index in [1.165, 1.54) is 0 Å². The highest BCUT2D eigenvalue weighted by Crippen LogP contribution is 2.24. The number of amides is 1. The summed E-state index contributed by atoms with van der Waals surface area (Å²) in [5.41, 5.74) is 6.23. The van der Waals surface area contributed by atoms with Gasteiger partial charge in [-0.1, -0.05) is 11.6 Å². The van der Waals surface area contributed by atoms with Gasteiger partial charge in [0.05, 0.1) is 5.02 Å². The Labute approximate surface area is 107 Å². The molecule has 0 radical (unpaired) electrons. The highest BCUT2D eigenvalue weighted by atomic mass is 79.9. The third-order valence-electron chi connectivity index (χ3n) is 2.69. The number of nitrogens with two attached hydrogens (primary N) is 1. The Morgan fingerprint density at radius 3 is 2.75 bits per heavy atom. The summed E-state index contributed by atoms with van der Waals surface area (Å²) in [5, 5.41) is 3.46. The summed E-state index contributed by atoms with van der Waals surface area (Å²) in [7, 11) is 0.